The van der Waals surface area contributed by atoms with Gasteiger partial charge in [0.2, 0.25) is 5.91 Å². The molecule has 0 atom stereocenters. The largest absolute Gasteiger partial charge is 0.481 e. The maximum Gasteiger partial charge on any atom is 0.306 e. The summed E-state index contributed by atoms with van der Waals surface area (Å²) in [5.74, 6) is -0.695. The first kappa shape index (κ1) is 17.6. The minimum Gasteiger partial charge on any atom is -0.481 e. The van der Waals surface area contributed by atoms with E-state index in [0.29, 0.717) is 6.04 Å². The van der Waals surface area contributed by atoms with Crippen LogP contribution in [-0.2, 0) is 9.59 Å². The van der Waals surface area contributed by atoms with Crippen molar-refractivity contribution in [3.63, 3.8) is 0 Å². The third-order valence-electron chi connectivity index (χ3n) is 5.38. The van der Waals surface area contributed by atoms with Crippen LogP contribution >= 0.6 is 0 Å². The molecule has 1 saturated carbocycles. The molecule has 0 bridgehead atoms. The Morgan fingerprint density at radius 2 is 1.76 bits per heavy atom. The van der Waals surface area contributed by atoms with E-state index >= 15 is 0 Å². The number of piperazine rings is 1. The molecule has 1 amide bonds. The van der Waals surface area contributed by atoms with Gasteiger partial charge in [0, 0.05) is 50.5 Å². The molecule has 1 aromatic carbocycles. The first-order chi connectivity index (χ1) is 12.0. The van der Waals surface area contributed by atoms with Crippen molar-refractivity contribution in [2.45, 2.75) is 38.6 Å². The highest BCUT2D eigenvalue weighted by Gasteiger charge is 2.26. The van der Waals surface area contributed by atoms with E-state index < -0.39 is 5.97 Å². The molecule has 2 fully saturated rings. The lowest BCUT2D eigenvalue weighted by Gasteiger charge is -2.36. The Morgan fingerprint density at radius 3 is 2.36 bits per heavy atom. The third kappa shape index (κ3) is 4.44. The van der Waals surface area contributed by atoms with Crippen LogP contribution in [0, 0.1) is 5.92 Å². The number of rotatable bonds is 4. The standard InChI is InChI=1S/C19H27N3O3/c1-14(23)21-9-11-22(12-10-21)18-4-2-3-17(13-18)20-16-7-5-15(6-8-16)19(24)25/h2-4,13,15-16,20H,5-12H2,1H3,(H,24,25). The predicted octanol–water partition coefficient (Wildman–Crippen LogP) is 2.41. The van der Waals surface area contributed by atoms with Crippen LogP contribution < -0.4 is 10.2 Å². The zero-order valence-electron chi connectivity index (χ0n) is 14.8. The van der Waals surface area contributed by atoms with E-state index in [4.69, 9.17) is 5.11 Å². The monoisotopic (exact) mass is 345 g/mol. The SMILES string of the molecule is CC(=O)N1CCN(c2cccc(NC3CCC(C(=O)O)CC3)c2)CC1. The summed E-state index contributed by atoms with van der Waals surface area (Å²) in [4.78, 5) is 26.7. The Morgan fingerprint density at radius 1 is 1.08 bits per heavy atom. The molecule has 3 rings (SSSR count). The summed E-state index contributed by atoms with van der Waals surface area (Å²) in [5, 5.41) is 12.7. The summed E-state index contributed by atoms with van der Waals surface area (Å²) >= 11 is 0. The van der Waals surface area contributed by atoms with E-state index in [9.17, 15) is 9.59 Å². The summed E-state index contributed by atoms with van der Waals surface area (Å²) in [6, 6.07) is 8.74. The Kier molecular flexibility index (Phi) is 5.46. The zero-order valence-corrected chi connectivity index (χ0v) is 14.8. The van der Waals surface area contributed by atoms with Gasteiger partial charge in [0.05, 0.1) is 5.92 Å². The van der Waals surface area contributed by atoms with Gasteiger partial charge >= 0.3 is 5.97 Å². The van der Waals surface area contributed by atoms with Crippen molar-refractivity contribution in [2.24, 2.45) is 5.92 Å². The third-order valence-corrected chi connectivity index (χ3v) is 5.38. The number of carboxylic acids is 1. The van der Waals surface area contributed by atoms with Gasteiger partial charge in [-0.05, 0) is 43.9 Å². The lowest BCUT2D eigenvalue weighted by molar-refractivity contribution is -0.142. The average molecular weight is 345 g/mol. The van der Waals surface area contributed by atoms with Crippen LogP contribution in [0.3, 0.4) is 0 Å². The van der Waals surface area contributed by atoms with Crippen molar-refractivity contribution >= 4 is 23.3 Å². The minimum atomic E-state index is -0.662. The molecule has 0 aromatic heterocycles. The van der Waals surface area contributed by atoms with Crippen molar-refractivity contribution in [1.29, 1.82) is 0 Å². The minimum absolute atomic E-state index is 0.145. The van der Waals surface area contributed by atoms with Crippen LogP contribution in [-0.4, -0.2) is 54.1 Å². The molecule has 2 N–H and O–H groups in total. The maximum atomic E-state index is 11.4. The summed E-state index contributed by atoms with van der Waals surface area (Å²) in [7, 11) is 0. The highest BCUT2D eigenvalue weighted by atomic mass is 16.4. The number of carbonyl (C=O) groups is 2. The number of anilines is 2. The Labute approximate surface area is 148 Å². The Balaban J connectivity index is 1.55. The molecule has 0 spiro atoms. The maximum absolute atomic E-state index is 11.4. The number of amides is 1. The Hall–Kier alpha value is -2.24. The van der Waals surface area contributed by atoms with Crippen LogP contribution in [0.1, 0.15) is 32.6 Å². The molecule has 1 aromatic rings. The number of hydrogen-bond donors (Lipinski definition) is 2. The second kappa shape index (κ2) is 7.76. The van der Waals surface area contributed by atoms with Crippen LogP contribution in [0.2, 0.25) is 0 Å². The van der Waals surface area contributed by atoms with Gasteiger partial charge in [0.25, 0.3) is 0 Å². The van der Waals surface area contributed by atoms with E-state index in [2.05, 4.69) is 34.5 Å². The number of hydrogen-bond acceptors (Lipinski definition) is 4. The normalized spacial score (nSPS) is 24.0. The van der Waals surface area contributed by atoms with Gasteiger partial charge in [0.15, 0.2) is 0 Å². The van der Waals surface area contributed by atoms with Crippen molar-refractivity contribution in [3.8, 4) is 0 Å². The van der Waals surface area contributed by atoms with Gasteiger partial charge < -0.3 is 20.2 Å². The molecule has 0 unspecified atom stereocenters. The smallest absolute Gasteiger partial charge is 0.306 e. The van der Waals surface area contributed by atoms with Crippen molar-refractivity contribution in [1.82, 2.24) is 4.90 Å². The summed E-state index contributed by atoms with van der Waals surface area (Å²) < 4.78 is 0. The molecule has 1 saturated heterocycles. The Bertz CT molecular complexity index is 618. The number of benzene rings is 1. The second-order valence-electron chi connectivity index (χ2n) is 7.07. The van der Waals surface area contributed by atoms with Crippen LogP contribution in [0.15, 0.2) is 24.3 Å². The van der Waals surface area contributed by atoms with Gasteiger partial charge in [-0.3, -0.25) is 9.59 Å². The van der Waals surface area contributed by atoms with E-state index in [0.717, 1.165) is 57.5 Å². The lowest BCUT2D eigenvalue weighted by atomic mass is 9.86. The van der Waals surface area contributed by atoms with Crippen molar-refractivity contribution in [2.75, 3.05) is 36.4 Å². The predicted molar refractivity (Wildman–Crippen MR) is 97.9 cm³/mol. The fourth-order valence-corrected chi connectivity index (χ4v) is 3.79. The van der Waals surface area contributed by atoms with E-state index in [1.165, 1.54) is 5.69 Å². The topological polar surface area (TPSA) is 72.9 Å². The fraction of sp³-hybridized carbons (Fsp3) is 0.579. The van der Waals surface area contributed by atoms with Crippen molar-refractivity contribution in [3.05, 3.63) is 24.3 Å². The summed E-state index contributed by atoms with van der Waals surface area (Å²) in [6.45, 7) is 4.87. The molecule has 6 heteroatoms. The molecular formula is C19H27N3O3. The highest BCUT2D eigenvalue weighted by Crippen LogP contribution is 2.28. The zero-order chi connectivity index (χ0) is 17.8. The van der Waals surface area contributed by atoms with Gasteiger partial charge in [-0.2, -0.15) is 0 Å². The summed E-state index contributed by atoms with van der Waals surface area (Å²) in [5.41, 5.74) is 2.26. The molecule has 1 aliphatic heterocycles. The molecule has 25 heavy (non-hydrogen) atoms. The highest BCUT2D eigenvalue weighted by molar-refractivity contribution is 5.73. The number of carbonyl (C=O) groups excluding carboxylic acids is 1. The van der Waals surface area contributed by atoms with E-state index in [1.54, 1.807) is 6.92 Å². The van der Waals surface area contributed by atoms with Gasteiger partial charge in [-0.15, -0.1) is 0 Å². The fourth-order valence-electron chi connectivity index (χ4n) is 3.79. The molecular weight excluding hydrogens is 318 g/mol. The van der Waals surface area contributed by atoms with Gasteiger partial charge in [-0.1, -0.05) is 6.07 Å². The van der Waals surface area contributed by atoms with Gasteiger partial charge in [-0.25, -0.2) is 0 Å². The number of carboxylic acid groups (broad SMARTS) is 1. The molecule has 6 nitrogen and oxygen atoms in total. The molecule has 1 heterocycles. The van der Waals surface area contributed by atoms with Crippen LogP contribution in [0.5, 0.6) is 0 Å². The van der Waals surface area contributed by atoms with Crippen molar-refractivity contribution < 1.29 is 14.7 Å². The van der Waals surface area contributed by atoms with Crippen LogP contribution in [0.25, 0.3) is 0 Å². The molecule has 1 aliphatic carbocycles. The van der Waals surface area contributed by atoms with E-state index in [1.807, 2.05) is 4.90 Å². The lowest BCUT2D eigenvalue weighted by Crippen LogP contribution is -2.48. The first-order valence-corrected chi connectivity index (χ1v) is 9.13. The quantitative estimate of drug-likeness (QED) is 0.877. The number of nitrogens with zero attached hydrogens (tertiary/aromatic N) is 2. The number of nitrogens with one attached hydrogen (secondary N) is 1. The number of aliphatic carboxylic acids is 1. The molecule has 2 aliphatic rings. The van der Waals surface area contributed by atoms with E-state index in [-0.39, 0.29) is 11.8 Å². The molecule has 136 valence electrons. The second-order valence-corrected chi connectivity index (χ2v) is 7.07. The average Bonchev–Trinajstić information content (AvgIpc) is 2.62. The molecule has 0 radical (unpaired) electrons. The summed E-state index contributed by atoms with van der Waals surface area (Å²) in [6.07, 6.45) is 3.30. The van der Waals surface area contributed by atoms with Crippen LogP contribution in [0.4, 0.5) is 11.4 Å². The van der Waals surface area contributed by atoms with Gasteiger partial charge in [0.1, 0.15) is 0 Å². The first-order valence-electron chi connectivity index (χ1n) is 9.13.